The molecule has 1 rings (SSSR count). The third-order valence-electron chi connectivity index (χ3n) is 2.36. The maximum Gasteiger partial charge on any atom is 0.271 e. The van der Waals surface area contributed by atoms with Gasteiger partial charge in [-0.2, -0.15) is 5.10 Å². The Kier molecular flexibility index (Phi) is 5.39. The molecule has 0 unspecified atom stereocenters. The summed E-state index contributed by atoms with van der Waals surface area (Å²) in [4.78, 5) is 23.1. The minimum Gasteiger partial charge on any atom is -0.351 e. The van der Waals surface area contributed by atoms with E-state index in [1.165, 1.54) is 16.8 Å². The summed E-state index contributed by atoms with van der Waals surface area (Å²) in [6.45, 7) is 5.21. The Labute approximate surface area is 101 Å². The van der Waals surface area contributed by atoms with Crippen molar-refractivity contribution >= 4 is 5.91 Å². The van der Waals surface area contributed by atoms with Crippen LogP contribution in [0, 0.1) is 0 Å². The Morgan fingerprint density at radius 3 is 2.76 bits per heavy atom. The Hall–Kier alpha value is -1.65. The first kappa shape index (κ1) is 13.4. The van der Waals surface area contributed by atoms with Gasteiger partial charge in [-0.15, -0.1) is 0 Å². The fourth-order valence-electron chi connectivity index (χ4n) is 1.37. The third-order valence-corrected chi connectivity index (χ3v) is 2.36. The number of hydrogen-bond acceptors (Lipinski definition) is 3. The minimum atomic E-state index is -0.225. The monoisotopic (exact) mass is 237 g/mol. The number of nitrogens with one attached hydrogen (secondary N) is 1. The topological polar surface area (TPSA) is 64.0 Å². The van der Waals surface area contributed by atoms with Crippen molar-refractivity contribution in [2.75, 3.05) is 6.54 Å². The van der Waals surface area contributed by atoms with Gasteiger partial charge in [0.15, 0.2) is 0 Å². The van der Waals surface area contributed by atoms with Gasteiger partial charge in [-0.1, -0.05) is 20.3 Å². The van der Waals surface area contributed by atoms with E-state index in [1.807, 2.05) is 13.8 Å². The second-order valence-electron chi connectivity index (χ2n) is 3.89. The molecule has 0 fully saturated rings. The van der Waals surface area contributed by atoms with Crippen LogP contribution in [0.15, 0.2) is 16.9 Å². The maximum atomic E-state index is 11.7. The predicted octanol–water partition coefficient (Wildman–Crippen LogP) is 1.18. The zero-order valence-corrected chi connectivity index (χ0v) is 10.4. The van der Waals surface area contributed by atoms with Crippen LogP contribution in [-0.4, -0.2) is 22.2 Å². The van der Waals surface area contributed by atoms with Crippen molar-refractivity contribution in [3.8, 4) is 0 Å². The lowest BCUT2D eigenvalue weighted by atomic mass is 10.3. The summed E-state index contributed by atoms with van der Waals surface area (Å²) in [5.41, 5.74) is 0.139. The highest BCUT2D eigenvalue weighted by molar-refractivity contribution is 5.91. The summed E-state index contributed by atoms with van der Waals surface area (Å²) in [7, 11) is 0. The van der Waals surface area contributed by atoms with E-state index in [4.69, 9.17) is 0 Å². The van der Waals surface area contributed by atoms with Crippen molar-refractivity contribution in [2.24, 2.45) is 0 Å². The van der Waals surface area contributed by atoms with Crippen LogP contribution in [0.5, 0.6) is 0 Å². The molecule has 1 heterocycles. The fraction of sp³-hybridized carbons (Fsp3) is 0.583. The number of rotatable bonds is 6. The van der Waals surface area contributed by atoms with E-state index in [0.29, 0.717) is 18.8 Å². The molecule has 5 heteroatoms. The lowest BCUT2D eigenvalue weighted by Gasteiger charge is -2.06. The molecular weight excluding hydrogens is 218 g/mol. The van der Waals surface area contributed by atoms with Gasteiger partial charge in [0.05, 0.1) is 0 Å². The molecule has 0 aromatic carbocycles. The Morgan fingerprint density at radius 1 is 1.35 bits per heavy atom. The van der Waals surface area contributed by atoms with E-state index >= 15 is 0 Å². The Bertz CT molecular complexity index is 426. The molecule has 17 heavy (non-hydrogen) atoms. The van der Waals surface area contributed by atoms with E-state index in [2.05, 4.69) is 10.4 Å². The van der Waals surface area contributed by atoms with E-state index in [0.717, 1.165) is 19.3 Å². The number of aromatic nitrogens is 2. The van der Waals surface area contributed by atoms with Crippen LogP contribution in [-0.2, 0) is 6.54 Å². The normalized spacial score (nSPS) is 10.2. The summed E-state index contributed by atoms with van der Waals surface area (Å²) in [5.74, 6) is -0.225. The summed E-state index contributed by atoms with van der Waals surface area (Å²) in [6, 6.07) is 2.86. The SMILES string of the molecule is CCCCn1nc(C(=O)NCCC)ccc1=O. The summed E-state index contributed by atoms with van der Waals surface area (Å²) < 4.78 is 1.35. The quantitative estimate of drug-likeness (QED) is 0.808. The Balaban J connectivity index is 2.80. The van der Waals surface area contributed by atoms with Crippen molar-refractivity contribution in [2.45, 2.75) is 39.7 Å². The summed E-state index contributed by atoms with van der Waals surface area (Å²) in [5, 5.41) is 6.79. The van der Waals surface area contributed by atoms with Crippen LogP contribution in [0.4, 0.5) is 0 Å². The van der Waals surface area contributed by atoms with Gasteiger partial charge >= 0.3 is 0 Å². The first-order valence-electron chi connectivity index (χ1n) is 6.05. The molecule has 0 aliphatic heterocycles. The number of nitrogens with zero attached hydrogens (tertiary/aromatic N) is 2. The van der Waals surface area contributed by atoms with Gasteiger partial charge in [-0.05, 0) is 18.9 Å². The summed E-state index contributed by atoms with van der Waals surface area (Å²) in [6.07, 6.45) is 2.74. The predicted molar refractivity (Wildman–Crippen MR) is 66.0 cm³/mol. The molecule has 0 radical (unpaired) electrons. The number of carbonyl (C=O) groups is 1. The van der Waals surface area contributed by atoms with E-state index in [9.17, 15) is 9.59 Å². The maximum absolute atomic E-state index is 11.7. The number of hydrogen-bond donors (Lipinski definition) is 1. The molecule has 0 saturated carbocycles. The zero-order valence-electron chi connectivity index (χ0n) is 10.4. The number of unbranched alkanes of at least 4 members (excludes halogenated alkanes) is 1. The largest absolute Gasteiger partial charge is 0.351 e. The molecule has 0 aliphatic carbocycles. The van der Waals surface area contributed by atoms with Crippen molar-refractivity contribution in [3.63, 3.8) is 0 Å². The number of carbonyl (C=O) groups excluding carboxylic acids is 1. The van der Waals surface area contributed by atoms with Gasteiger partial charge in [-0.3, -0.25) is 9.59 Å². The third kappa shape index (κ3) is 4.01. The molecule has 1 amide bonds. The highest BCUT2D eigenvalue weighted by Crippen LogP contribution is 1.94. The molecule has 0 atom stereocenters. The molecule has 1 N–H and O–H groups in total. The molecule has 0 bridgehead atoms. The van der Waals surface area contributed by atoms with Gasteiger partial charge in [0.25, 0.3) is 11.5 Å². The average molecular weight is 237 g/mol. The average Bonchev–Trinajstić information content (AvgIpc) is 2.35. The van der Waals surface area contributed by atoms with Crippen LogP contribution in [0.3, 0.4) is 0 Å². The van der Waals surface area contributed by atoms with Crippen LogP contribution in [0.1, 0.15) is 43.6 Å². The van der Waals surface area contributed by atoms with E-state index in [-0.39, 0.29) is 11.5 Å². The smallest absolute Gasteiger partial charge is 0.271 e. The molecule has 0 spiro atoms. The van der Waals surface area contributed by atoms with Crippen molar-refractivity contribution in [1.82, 2.24) is 15.1 Å². The second-order valence-corrected chi connectivity index (χ2v) is 3.89. The molecule has 0 aliphatic rings. The van der Waals surface area contributed by atoms with Gasteiger partial charge < -0.3 is 5.32 Å². The van der Waals surface area contributed by atoms with Gasteiger partial charge in [0, 0.05) is 19.2 Å². The standard InChI is InChI=1S/C12H19N3O2/c1-3-5-9-15-11(16)7-6-10(14-15)12(17)13-8-4-2/h6-7H,3-5,8-9H2,1-2H3,(H,13,17). The highest BCUT2D eigenvalue weighted by atomic mass is 16.2. The molecule has 0 saturated heterocycles. The lowest BCUT2D eigenvalue weighted by Crippen LogP contribution is -2.30. The first-order chi connectivity index (χ1) is 8.19. The first-order valence-corrected chi connectivity index (χ1v) is 6.05. The van der Waals surface area contributed by atoms with Crippen LogP contribution in [0.25, 0.3) is 0 Å². The fourth-order valence-corrected chi connectivity index (χ4v) is 1.37. The molecule has 94 valence electrons. The van der Waals surface area contributed by atoms with E-state index in [1.54, 1.807) is 0 Å². The molecule has 1 aromatic rings. The number of aryl methyl sites for hydroxylation is 1. The highest BCUT2D eigenvalue weighted by Gasteiger charge is 2.08. The summed E-state index contributed by atoms with van der Waals surface area (Å²) >= 11 is 0. The zero-order chi connectivity index (χ0) is 12.7. The van der Waals surface area contributed by atoms with E-state index < -0.39 is 0 Å². The molecular formula is C12H19N3O2. The van der Waals surface area contributed by atoms with Crippen LogP contribution in [0.2, 0.25) is 0 Å². The Morgan fingerprint density at radius 2 is 2.12 bits per heavy atom. The lowest BCUT2D eigenvalue weighted by molar-refractivity contribution is 0.0946. The number of amides is 1. The van der Waals surface area contributed by atoms with Crippen LogP contribution < -0.4 is 10.9 Å². The van der Waals surface area contributed by atoms with Crippen molar-refractivity contribution < 1.29 is 4.79 Å². The van der Waals surface area contributed by atoms with Gasteiger partial charge in [0.1, 0.15) is 5.69 Å². The molecule has 1 aromatic heterocycles. The van der Waals surface area contributed by atoms with Crippen molar-refractivity contribution in [3.05, 3.63) is 28.2 Å². The minimum absolute atomic E-state index is 0.162. The second kappa shape index (κ2) is 6.83. The molecule has 5 nitrogen and oxygen atoms in total. The van der Waals surface area contributed by atoms with Crippen LogP contribution >= 0.6 is 0 Å². The van der Waals surface area contributed by atoms with Crippen molar-refractivity contribution in [1.29, 1.82) is 0 Å². The van der Waals surface area contributed by atoms with Gasteiger partial charge in [-0.25, -0.2) is 4.68 Å². The van der Waals surface area contributed by atoms with Gasteiger partial charge in [0.2, 0.25) is 0 Å².